The van der Waals surface area contributed by atoms with Crippen LogP contribution in [0.15, 0.2) is 12.1 Å². The summed E-state index contributed by atoms with van der Waals surface area (Å²) in [4.78, 5) is 4.86. The second kappa shape index (κ2) is 7.66. The third-order valence-corrected chi connectivity index (χ3v) is 4.19. The number of hydrogen-bond donors (Lipinski definition) is 0. The van der Waals surface area contributed by atoms with Gasteiger partial charge in [-0.15, -0.1) is 0 Å². The largest absolute Gasteiger partial charge is 0.496 e. The average Bonchev–Trinajstić information content (AvgIpc) is 2.50. The SMILES string of the molecule is CCCc1cc(OC)c(CN2CCN(C)CC2)cc1OC. The van der Waals surface area contributed by atoms with Crippen LogP contribution in [-0.2, 0) is 13.0 Å². The molecule has 0 amide bonds. The highest BCUT2D eigenvalue weighted by Gasteiger charge is 2.17. The van der Waals surface area contributed by atoms with Crippen molar-refractivity contribution in [3.63, 3.8) is 0 Å². The molecule has 1 aromatic carbocycles. The lowest BCUT2D eigenvalue weighted by molar-refractivity contribution is 0.147. The number of likely N-dealkylation sites (N-methyl/N-ethyl adjacent to an activating group) is 1. The number of rotatable bonds is 6. The molecule has 0 atom stereocenters. The zero-order chi connectivity index (χ0) is 15.2. The first-order chi connectivity index (χ1) is 10.2. The van der Waals surface area contributed by atoms with Crippen molar-refractivity contribution >= 4 is 0 Å². The smallest absolute Gasteiger partial charge is 0.123 e. The molecule has 0 bridgehead atoms. The molecule has 1 aliphatic heterocycles. The highest BCUT2D eigenvalue weighted by molar-refractivity contribution is 5.46. The average molecular weight is 292 g/mol. The lowest BCUT2D eigenvalue weighted by Crippen LogP contribution is -2.43. The third-order valence-electron chi connectivity index (χ3n) is 4.19. The number of nitrogens with zero attached hydrogens (tertiary/aromatic N) is 2. The molecule has 0 saturated carbocycles. The molecular weight excluding hydrogens is 264 g/mol. The summed E-state index contributed by atoms with van der Waals surface area (Å²) < 4.78 is 11.2. The number of methoxy groups -OCH3 is 2. The van der Waals surface area contributed by atoms with Crippen molar-refractivity contribution in [3.05, 3.63) is 23.3 Å². The van der Waals surface area contributed by atoms with E-state index in [4.69, 9.17) is 9.47 Å². The van der Waals surface area contributed by atoms with Crippen LogP contribution in [-0.4, -0.2) is 57.2 Å². The molecule has 1 aliphatic rings. The summed E-state index contributed by atoms with van der Waals surface area (Å²) in [5.41, 5.74) is 2.46. The first-order valence-corrected chi connectivity index (χ1v) is 7.82. The van der Waals surface area contributed by atoms with Gasteiger partial charge in [0.1, 0.15) is 11.5 Å². The number of aryl methyl sites for hydroxylation is 1. The Hall–Kier alpha value is -1.26. The predicted molar refractivity (Wildman–Crippen MR) is 86.3 cm³/mol. The van der Waals surface area contributed by atoms with Gasteiger partial charge in [-0.3, -0.25) is 4.90 Å². The summed E-state index contributed by atoms with van der Waals surface area (Å²) in [5.74, 6) is 1.97. The summed E-state index contributed by atoms with van der Waals surface area (Å²) in [7, 11) is 5.69. The summed E-state index contributed by atoms with van der Waals surface area (Å²) >= 11 is 0. The zero-order valence-corrected chi connectivity index (χ0v) is 13.8. The first-order valence-electron chi connectivity index (χ1n) is 7.82. The van der Waals surface area contributed by atoms with Gasteiger partial charge in [0.05, 0.1) is 14.2 Å². The fraction of sp³-hybridized carbons (Fsp3) is 0.647. The van der Waals surface area contributed by atoms with Gasteiger partial charge >= 0.3 is 0 Å². The molecule has 0 radical (unpaired) electrons. The van der Waals surface area contributed by atoms with E-state index in [1.165, 1.54) is 11.1 Å². The fourth-order valence-electron chi connectivity index (χ4n) is 2.86. The summed E-state index contributed by atoms with van der Waals surface area (Å²) in [6.45, 7) is 7.60. The van der Waals surface area contributed by atoms with Gasteiger partial charge in [0.2, 0.25) is 0 Å². The van der Waals surface area contributed by atoms with E-state index in [2.05, 4.69) is 35.9 Å². The zero-order valence-electron chi connectivity index (χ0n) is 13.8. The second-order valence-electron chi connectivity index (χ2n) is 5.81. The first kappa shape index (κ1) is 16.1. The van der Waals surface area contributed by atoms with Crippen molar-refractivity contribution in [1.29, 1.82) is 0 Å². The maximum atomic E-state index is 5.60. The summed E-state index contributed by atoms with van der Waals surface area (Å²) in [5, 5.41) is 0. The third kappa shape index (κ3) is 4.11. The van der Waals surface area contributed by atoms with Crippen LogP contribution in [0.4, 0.5) is 0 Å². The topological polar surface area (TPSA) is 24.9 Å². The fourth-order valence-corrected chi connectivity index (χ4v) is 2.86. The number of benzene rings is 1. The van der Waals surface area contributed by atoms with Crippen LogP contribution < -0.4 is 9.47 Å². The quantitative estimate of drug-likeness (QED) is 0.804. The van der Waals surface area contributed by atoms with Crippen LogP contribution in [0, 0.1) is 0 Å². The number of ether oxygens (including phenoxy) is 2. The Labute approximate surface area is 128 Å². The van der Waals surface area contributed by atoms with Crippen molar-refractivity contribution in [3.8, 4) is 11.5 Å². The van der Waals surface area contributed by atoms with Gasteiger partial charge in [-0.1, -0.05) is 13.3 Å². The molecule has 0 aromatic heterocycles. The number of piperazine rings is 1. The summed E-state index contributed by atoms with van der Waals surface area (Å²) in [6, 6.07) is 4.30. The second-order valence-corrected chi connectivity index (χ2v) is 5.81. The van der Waals surface area contributed by atoms with E-state index in [1.807, 2.05) is 0 Å². The molecule has 4 heteroatoms. The van der Waals surface area contributed by atoms with Crippen LogP contribution in [0.5, 0.6) is 11.5 Å². The van der Waals surface area contributed by atoms with Crippen molar-refractivity contribution < 1.29 is 9.47 Å². The Bertz CT molecular complexity index is 454. The van der Waals surface area contributed by atoms with Gasteiger partial charge in [-0.05, 0) is 31.2 Å². The van der Waals surface area contributed by atoms with Gasteiger partial charge in [-0.25, -0.2) is 0 Å². The molecular formula is C17H28N2O2. The van der Waals surface area contributed by atoms with E-state index in [0.717, 1.165) is 57.1 Å². The van der Waals surface area contributed by atoms with Crippen LogP contribution in [0.1, 0.15) is 24.5 Å². The maximum Gasteiger partial charge on any atom is 0.123 e. The van der Waals surface area contributed by atoms with Crippen molar-refractivity contribution in [1.82, 2.24) is 9.80 Å². The van der Waals surface area contributed by atoms with E-state index in [0.29, 0.717) is 0 Å². The maximum absolute atomic E-state index is 5.60. The molecule has 1 heterocycles. The van der Waals surface area contributed by atoms with E-state index >= 15 is 0 Å². The van der Waals surface area contributed by atoms with Gasteiger partial charge in [-0.2, -0.15) is 0 Å². The minimum atomic E-state index is 0.930. The van der Waals surface area contributed by atoms with Gasteiger partial charge in [0.25, 0.3) is 0 Å². The number of hydrogen-bond acceptors (Lipinski definition) is 4. The molecule has 1 saturated heterocycles. The monoisotopic (exact) mass is 292 g/mol. The lowest BCUT2D eigenvalue weighted by Gasteiger charge is -2.32. The lowest BCUT2D eigenvalue weighted by atomic mass is 10.0. The molecule has 118 valence electrons. The van der Waals surface area contributed by atoms with E-state index < -0.39 is 0 Å². The standard InChI is InChI=1S/C17H28N2O2/c1-5-6-14-11-17(21-4)15(12-16(14)20-3)13-19-9-7-18(2)8-10-19/h11-12H,5-10,13H2,1-4H3. The molecule has 0 unspecified atom stereocenters. The molecule has 0 spiro atoms. The minimum Gasteiger partial charge on any atom is -0.496 e. The van der Waals surface area contributed by atoms with Crippen LogP contribution in [0.3, 0.4) is 0 Å². The van der Waals surface area contributed by atoms with Crippen molar-refractivity contribution in [2.45, 2.75) is 26.3 Å². The van der Waals surface area contributed by atoms with Gasteiger partial charge < -0.3 is 14.4 Å². The highest BCUT2D eigenvalue weighted by atomic mass is 16.5. The molecule has 0 aliphatic carbocycles. The van der Waals surface area contributed by atoms with Crippen molar-refractivity contribution in [2.75, 3.05) is 47.4 Å². The Morgan fingerprint density at radius 1 is 0.952 bits per heavy atom. The molecule has 1 aromatic rings. The Balaban J connectivity index is 2.17. The van der Waals surface area contributed by atoms with E-state index in [-0.39, 0.29) is 0 Å². The molecule has 2 rings (SSSR count). The van der Waals surface area contributed by atoms with Crippen molar-refractivity contribution in [2.24, 2.45) is 0 Å². The summed E-state index contributed by atoms with van der Waals surface area (Å²) in [6.07, 6.45) is 2.13. The normalized spacial score (nSPS) is 17.0. The van der Waals surface area contributed by atoms with Crippen LogP contribution in [0.25, 0.3) is 0 Å². The molecule has 21 heavy (non-hydrogen) atoms. The Morgan fingerprint density at radius 2 is 1.52 bits per heavy atom. The molecule has 0 N–H and O–H groups in total. The predicted octanol–water partition coefficient (Wildman–Crippen LogP) is 2.40. The van der Waals surface area contributed by atoms with Crippen LogP contribution in [0.2, 0.25) is 0 Å². The Morgan fingerprint density at radius 3 is 2.10 bits per heavy atom. The van der Waals surface area contributed by atoms with Gasteiger partial charge in [0.15, 0.2) is 0 Å². The highest BCUT2D eigenvalue weighted by Crippen LogP contribution is 2.30. The molecule has 4 nitrogen and oxygen atoms in total. The van der Waals surface area contributed by atoms with Crippen LogP contribution >= 0.6 is 0 Å². The Kier molecular flexibility index (Phi) is 5.88. The van der Waals surface area contributed by atoms with Gasteiger partial charge in [0, 0.05) is 38.3 Å². The van der Waals surface area contributed by atoms with E-state index in [9.17, 15) is 0 Å². The minimum absolute atomic E-state index is 0.930. The van der Waals surface area contributed by atoms with E-state index in [1.54, 1.807) is 14.2 Å². The molecule has 1 fully saturated rings.